The van der Waals surface area contributed by atoms with Crippen LogP contribution in [-0.4, -0.2) is 73.4 Å². The first-order chi connectivity index (χ1) is 34.0. The maximum absolute atomic E-state index is 13.0. The Morgan fingerprint density at radius 2 is 0.857 bits per heavy atom. The second-order valence-electron chi connectivity index (χ2n) is 21.3. The van der Waals surface area contributed by atoms with Crippen LogP contribution in [0.1, 0.15) is 271 Å². The number of rotatable bonds is 54. The highest BCUT2D eigenvalue weighted by Crippen LogP contribution is 2.43. The number of unbranched alkanes of at least 4 members (excludes halogenated alkanes) is 31. The molecule has 3 unspecified atom stereocenters. The molecule has 410 valence electrons. The van der Waals surface area contributed by atoms with Crippen molar-refractivity contribution in [1.29, 1.82) is 0 Å². The van der Waals surface area contributed by atoms with E-state index >= 15 is 0 Å². The normalized spacial score (nSPS) is 14.3. The zero-order chi connectivity index (χ0) is 51.3. The van der Waals surface area contributed by atoms with Crippen LogP contribution in [0.15, 0.2) is 60.8 Å². The Balaban J connectivity index is 4.13. The van der Waals surface area contributed by atoms with Crippen molar-refractivity contribution in [1.82, 2.24) is 5.32 Å². The second-order valence-corrected chi connectivity index (χ2v) is 22.8. The SMILES string of the molecule is CC/C=C\C/C=C\C/C=C\C/C=C\C/C=C\CCCCCCCCCCCCCCCC(=O)NC(COP(=O)(O)OCC[N+](C)(C)C)C(O)CCCCCCCCCCCCCCCCCCCCC. The van der Waals surface area contributed by atoms with Crippen molar-refractivity contribution in [3.8, 4) is 0 Å². The van der Waals surface area contributed by atoms with Crippen LogP contribution in [0.2, 0.25) is 0 Å². The number of hydrogen-bond donors (Lipinski definition) is 3. The Kier molecular flexibility index (Phi) is 50.7. The number of phosphoric acid groups is 1. The standard InChI is InChI=1S/C61H115N2O6P/c1-6-8-10-12-14-16-18-20-22-24-26-27-28-29-30-31-32-33-34-35-37-39-41-43-45-47-49-51-53-55-61(65)62-59(58-69-70(66,67)68-57-56-63(3,4)5)60(64)54-52-50-48-46-44-42-40-38-36-25-23-21-19-17-15-13-11-9-7-2/h8,10,14,16,20,22,26-27,29-30,59-60,64H,6-7,9,11-13,15,17-19,21,23-25,28,31-58H2,1-5H3,(H-,62,65,66,67)/p+1/b10-8-,16-14-,22-20-,27-26-,30-29-. The fourth-order valence-electron chi connectivity index (χ4n) is 8.66. The van der Waals surface area contributed by atoms with Crippen LogP contribution in [0.3, 0.4) is 0 Å². The molecule has 3 N–H and O–H groups in total. The van der Waals surface area contributed by atoms with Gasteiger partial charge in [-0.3, -0.25) is 13.8 Å². The molecule has 0 fully saturated rings. The van der Waals surface area contributed by atoms with Gasteiger partial charge in [0.05, 0.1) is 39.9 Å². The lowest BCUT2D eigenvalue weighted by Gasteiger charge is -2.26. The Morgan fingerprint density at radius 3 is 1.26 bits per heavy atom. The van der Waals surface area contributed by atoms with E-state index < -0.39 is 20.0 Å². The largest absolute Gasteiger partial charge is 0.472 e. The first-order valence-corrected chi connectivity index (χ1v) is 31.1. The predicted octanol–water partition coefficient (Wildman–Crippen LogP) is 18.1. The number of aliphatic hydroxyl groups excluding tert-OH is 1. The molecule has 0 aliphatic carbocycles. The number of nitrogens with zero attached hydrogens (tertiary/aromatic N) is 1. The van der Waals surface area contributed by atoms with Crippen molar-refractivity contribution >= 4 is 13.7 Å². The Hall–Kier alpha value is -1.80. The van der Waals surface area contributed by atoms with Gasteiger partial charge in [0.2, 0.25) is 5.91 Å². The summed E-state index contributed by atoms with van der Waals surface area (Å²) in [6, 6.07) is -0.764. The third-order valence-corrected chi connectivity index (χ3v) is 14.3. The quantitative estimate of drug-likeness (QED) is 0.0243. The molecular formula is C61H116N2O6P+. The van der Waals surface area contributed by atoms with Crippen molar-refractivity contribution in [2.24, 2.45) is 0 Å². The van der Waals surface area contributed by atoms with Crippen LogP contribution in [0.4, 0.5) is 0 Å². The second kappa shape index (κ2) is 52.1. The lowest BCUT2D eigenvalue weighted by Crippen LogP contribution is -2.46. The number of allylic oxidation sites excluding steroid dienone is 10. The van der Waals surface area contributed by atoms with Crippen LogP contribution in [0.25, 0.3) is 0 Å². The third-order valence-electron chi connectivity index (χ3n) is 13.3. The smallest absolute Gasteiger partial charge is 0.391 e. The Morgan fingerprint density at radius 1 is 0.500 bits per heavy atom. The molecule has 70 heavy (non-hydrogen) atoms. The fraction of sp³-hybridized carbons (Fsp3) is 0.820. The summed E-state index contributed by atoms with van der Waals surface area (Å²) in [7, 11) is 1.62. The number of quaternary nitrogens is 1. The van der Waals surface area contributed by atoms with Crippen LogP contribution in [-0.2, 0) is 18.4 Å². The van der Waals surface area contributed by atoms with Gasteiger partial charge in [0.25, 0.3) is 0 Å². The number of hydrogen-bond acceptors (Lipinski definition) is 5. The average molecular weight is 1000 g/mol. The molecule has 9 heteroatoms. The van der Waals surface area contributed by atoms with Gasteiger partial charge in [0, 0.05) is 6.42 Å². The average Bonchev–Trinajstić information content (AvgIpc) is 3.32. The molecule has 0 spiro atoms. The van der Waals surface area contributed by atoms with Gasteiger partial charge in [-0.2, -0.15) is 0 Å². The Labute approximate surface area is 434 Å². The summed E-state index contributed by atoms with van der Waals surface area (Å²) in [5.41, 5.74) is 0. The summed E-state index contributed by atoms with van der Waals surface area (Å²) < 4.78 is 23.8. The monoisotopic (exact) mass is 1000 g/mol. The molecule has 8 nitrogen and oxygen atoms in total. The van der Waals surface area contributed by atoms with Crippen molar-refractivity contribution < 1.29 is 32.9 Å². The molecule has 0 aliphatic rings. The highest BCUT2D eigenvalue weighted by atomic mass is 31.2. The molecule has 0 aromatic carbocycles. The van der Waals surface area contributed by atoms with E-state index in [2.05, 4.69) is 79.9 Å². The predicted molar refractivity (Wildman–Crippen MR) is 304 cm³/mol. The third kappa shape index (κ3) is 54.0. The first-order valence-electron chi connectivity index (χ1n) is 29.7. The molecule has 1 amide bonds. The molecular weight excluding hydrogens is 888 g/mol. The fourth-order valence-corrected chi connectivity index (χ4v) is 9.40. The molecule has 0 aromatic rings. The van der Waals surface area contributed by atoms with Gasteiger partial charge in [-0.25, -0.2) is 4.57 Å². The number of aliphatic hydroxyl groups is 1. The summed E-state index contributed by atoms with van der Waals surface area (Å²) >= 11 is 0. The van der Waals surface area contributed by atoms with Gasteiger partial charge in [-0.15, -0.1) is 0 Å². The van der Waals surface area contributed by atoms with Crippen molar-refractivity contribution in [2.45, 2.75) is 283 Å². The molecule has 0 bridgehead atoms. The van der Waals surface area contributed by atoms with Crippen LogP contribution < -0.4 is 5.32 Å². The molecule has 3 atom stereocenters. The number of carbonyl (C=O) groups is 1. The van der Waals surface area contributed by atoms with Crippen molar-refractivity contribution in [3.63, 3.8) is 0 Å². The minimum Gasteiger partial charge on any atom is -0.391 e. The van der Waals surface area contributed by atoms with E-state index in [1.54, 1.807) is 0 Å². The van der Waals surface area contributed by atoms with Gasteiger partial charge in [-0.05, 0) is 57.8 Å². The van der Waals surface area contributed by atoms with E-state index in [0.717, 1.165) is 70.6 Å². The molecule has 0 rings (SSSR count). The van der Waals surface area contributed by atoms with Gasteiger partial charge < -0.3 is 19.8 Å². The number of nitrogens with one attached hydrogen (secondary N) is 1. The highest BCUT2D eigenvalue weighted by Gasteiger charge is 2.28. The number of carbonyl (C=O) groups excluding carboxylic acids is 1. The lowest BCUT2D eigenvalue weighted by atomic mass is 10.0. The molecule has 0 aromatic heterocycles. The summed E-state index contributed by atoms with van der Waals surface area (Å²) in [6.07, 6.45) is 69.9. The van der Waals surface area contributed by atoms with Gasteiger partial charge in [0.1, 0.15) is 13.2 Å². The van der Waals surface area contributed by atoms with E-state index in [4.69, 9.17) is 9.05 Å². The van der Waals surface area contributed by atoms with E-state index in [9.17, 15) is 19.4 Å². The van der Waals surface area contributed by atoms with Gasteiger partial charge >= 0.3 is 7.82 Å². The van der Waals surface area contributed by atoms with Crippen LogP contribution in [0, 0.1) is 0 Å². The maximum Gasteiger partial charge on any atom is 0.472 e. The van der Waals surface area contributed by atoms with Gasteiger partial charge in [-0.1, -0.05) is 267 Å². The molecule has 0 aliphatic heterocycles. The number of phosphoric ester groups is 1. The summed E-state index contributed by atoms with van der Waals surface area (Å²) in [6.45, 7) is 4.80. The zero-order valence-electron chi connectivity index (χ0n) is 46.8. The van der Waals surface area contributed by atoms with E-state index in [1.807, 2.05) is 21.1 Å². The Bertz CT molecular complexity index is 1320. The summed E-state index contributed by atoms with van der Waals surface area (Å²) in [5, 5.41) is 14.1. The van der Waals surface area contributed by atoms with Crippen LogP contribution >= 0.6 is 7.82 Å². The first kappa shape index (κ1) is 68.2. The van der Waals surface area contributed by atoms with Gasteiger partial charge in [0.15, 0.2) is 0 Å². The van der Waals surface area contributed by atoms with Crippen molar-refractivity contribution in [2.75, 3.05) is 40.9 Å². The molecule has 0 heterocycles. The topological polar surface area (TPSA) is 105 Å². The van der Waals surface area contributed by atoms with Crippen LogP contribution in [0.5, 0.6) is 0 Å². The van der Waals surface area contributed by atoms with Crippen molar-refractivity contribution in [3.05, 3.63) is 60.8 Å². The molecule has 0 saturated heterocycles. The minimum atomic E-state index is -4.33. The molecule has 0 saturated carbocycles. The highest BCUT2D eigenvalue weighted by molar-refractivity contribution is 7.47. The zero-order valence-corrected chi connectivity index (χ0v) is 47.7. The maximum atomic E-state index is 13.0. The van der Waals surface area contributed by atoms with E-state index in [-0.39, 0.29) is 19.1 Å². The van der Waals surface area contributed by atoms with E-state index in [0.29, 0.717) is 23.9 Å². The minimum absolute atomic E-state index is 0.0735. The number of amides is 1. The summed E-state index contributed by atoms with van der Waals surface area (Å²) in [4.78, 5) is 23.4. The summed E-state index contributed by atoms with van der Waals surface area (Å²) in [5.74, 6) is -0.145. The number of likely N-dealkylation sites (N-methyl/N-ethyl adjacent to an activating group) is 1. The molecule has 0 radical (unpaired) electrons. The lowest BCUT2D eigenvalue weighted by molar-refractivity contribution is -0.870. The van der Waals surface area contributed by atoms with E-state index in [1.165, 1.54) is 173 Å².